The van der Waals surface area contributed by atoms with Gasteiger partial charge < -0.3 is 19.3 Å². The first-order valence-corrected chi connectivity index (χ1v) is 12.2. The number of benzene rings is 2. The molecule has 0 radical (unpaired) electrons. The number of esters is 1. The zero-order chi connectivity index (χ0) is 26.5. The lowest BCUT2D eigenvalue weighted by Gasteiger charge is -2.25. The van der Waals surface area contributed by atoms with Gasteiger partial charge in [0.05, 0.1) is 20.6 Å². The maximum atomic E-state index is 12.7. The third-order valence-electron chi connectivity index (χ3n) is 5.53. The fourth-order valence-corrected chi connectivity index (χ4v) is 4.97. The molecule has 13 heteroatoms. The van der Waals surface area contributed by atoms with E-state index in [9.17, 15) is 27.9 Å². The van der Waals surface area contributed by atoms with Crippen LogP contribution >= 0.6 is 0 Å². The summed E-state index contributed by atoms with van der Waals surface area (Å²) in [6, 6.07) is 10.4. The number of hydrogen-bond donors (Lipinski definition) is 3. The van der Waals surface area contributed by atoms with Gasteiger partial charge in [-0.25, -0.2) is 4.72 Å². The van der Waals surface area contributed by atoms with Crippen LogP contribution in [-0.4, -0.2) is 62.1 Å². The Kier molecular flexibility index (Phi) is 8.50. The number of rotatable bonds is 11. The lowest BCUT2D eigenvalue weighted by molar-refractivity contribution is -0.151. The van der Waals surface area contributed by atoms with Crippen LogP contribution in [-0.2, 0) is 42.5 Å². The maximum absolute atomic E-state index is 12.7. The van der Waals surface area contributed by atoms with Crippen LogP contribution in [0.5, 0.6) is 11.5 Å². The number of amides is 1. The summed E-state index contributed by atoms with van der Waals surface area (Å²) in [7, 11) is -1.42. The van der Waals surface area contributed by atoms with E-state index in [1.54, 1.807) is 49.4 Å². The number of carbonyl (C=O) groups is 3. The largest absolute Gasteiger partial charge is 0.496 e. The van der Waals surface area contributed by atoms with E-state index in [1.165, 1.54) is 14.2 Å². The van der Waals surface area contributed by atoms with Crippen molar-refractivity contribution in [1.82, 2.24) is 14.3 Å². The van der Waals surface area contributed by atoms with Crippen LogP contribution < -0.4 is 19.5 Å². The fraction of sp³-hybridized carbons (Fsp3) is 0.348. The second-order valence-electron chi connectivity index (χ2n) is 7.91. The molecule has 12 nitrogen and oxygen atoms in total. The molecule has 194 valence electrons. The van der Waals surface area contributed by atoms with Crippen molar-refractivity contribution in [3.8, 4) is 11.5 Å². The summed E-state index contributed by atoms with van der Waals surface area (Å²) in [5.41, 5.74) is 1.74. The predicted octanol–water partition coefficient (Wildman–Crippen LogP) is 0.691. The molecule has 0 aliphatic carbocycles. The molecular weight excluding hydrogens is 494 g/mol. The first-order chi connectivity index (χ1) is 17.1. The maximum Gasteiger partial charge on any atom is 0.321 e. The normalized spacial score (nSPS) is 17.8. The van der Waals surface area contributed by atoms with Crippen molar-refractivity contribution < 1.29 is 42.1 Å². The summed E-state index contributed by atoms with van der Waals surface area (Å²) in [5.74, 6) is -2.41. The van der Waals surface area contributed by atoms with E-state index in [0.717, 1.165) is 4.31 Å². The van der Waals surface area contributed by atoms with Crippen LogP contribution in [0.15, 0.2) is 42.5 Å². The second kappa shape index (κ2) is 11.4. The van der Waals surface area contributed by atoms with Gasteiger partial charge in [-0.1, -0.05) is 36.4 Å². The van der Waals surface area contributed by atoms with E-state index < -0.39 is 46.7 Å². The summed E-state index contributed by atoms with van der Waals surface area (Å²) in [4.78, 5) is 36.6. The van der Waals surface area contributed by atoms with Crippen LogP contribution in [0.4, 0.5) is 0 Å². The summed E-state index contributed by atoms with van der Waals surface area (Å²) < 4.78 is 43.8. The Balaban J connectivity index is 1.78. The van der Waals surface area contributed by atoms with Gasteiger partial charge in [-0.3, -0.25) is 19.7 Å². The number of carboxylic acids is 1. The lowest BCUT2D eigenvalue weighted by atomic mass is 10.1. The van der Waals surface area contributed by atoms with Crippen molar-refractivity contribution in [2.75, 3.05) is 14.2 Å². The van der Waals surface area contributed by atoms with Crippen LogP contribution in [0, 0.1) is 6.92 Å². The van der Waals surface area contributed by atoms with Gasteiger partial charge in [0.15, 0.2) is 6.17 Å². The molecule has 0 aromatic heterocycles. The van der Waals surface area contributed by atoms with Crippen molar-refractivity contribution in [3.63, 3.8) is 0 Å². The number of hydrogen-bond acceptors (Lipinski definition) is 9. The Labute approximate surface area is 208 Å². The van der Waals surface area contributed by atoms with E-state index in [2.05, 4.69) is 5.32 Å². The van der Waals surface area contributed by atoms with Crippen LogP contribution in [0.1, 0.15) is 23.1 Å². The number of nitrogens with zero attached hydrogens (tertiary/aromatic N) is 1. The van der Waals surface area contributed by atoms with Crippen molar-refractivity contribution in [1.29, 1.82) is 0 Å². The van der Waals surface area contributed by atoms with Crippen LogP contribution in [0.2, 0.25) is 0 Å². The third-order valence-corrected chi connectivity index (χ3v) is 6.95. The van der Waals surface area contributed by atoms with Crippen LogP contribution in [0.25, 0.3) is 0 Å². The van der Waals surface area contributed by atoms with Gasteiger partial charge in [-0.15, -0.1) is 0 Å². The number of ether oxygens (including phenoxy) is 3. The number of aliphatic carboxylic acids is 1. The van der Waals surface area contributed by atoms with E-state index >= 15 is 0 Å². The second-order valence-corrected chi connectivity index (χ2v) is 9.54. The topological polar surface area (TPSA) is 161 Å². The summed E-state index contributed by atoms with van der Waals surface area (Å²) in [6.45, 7) is 1.34. The molecule has 2 aromatic rings. The molecule has 3 N–H and O–H groups in total. The molecule has 1 fully saturated rings. The van der Waals surface area contributed by atoms with Gasteiger partial charge in [0.2, 0.25) is 0 Å². The Morgan fingerprint density at radius 2 is 1.83 bits per heavy atom. The highest BCUT2D eigenvalue weighted by Crippen LogP contribution is 2.33. The predicted molar refractivity (Wildman–Crippen MR) is 126 cm³/mol. The van der Waals surface area contributed by atoms with E-state index in [1.807, 2.05) is 4.72 Å². The summed E-state index contributed by atoms with van der Waals surface area (Å²) in [6.07, 6.45) is -2.23. The molecule has 0 spiro atoms. The monoisotopic (exact) mass is 521 g/mol. The van der Waals surface area contributed by atoms with Crippen LogP contribution in [0.3, 0.4) is 0 Å². The summed E-state index contributed by atoms with van der Waals surface area (Å²) in [5, 5.41) is 12.1. The SMILES string of the molecule is COc1ccc(CN2[C@@H](N[C@@H](CC(=O)OCc3ccccc3)C(=O)O)C(=O)NS2(=O)=O)c(OC)c1C. The molecule has 1 heterocycles. The quantitative estimate of drug-likeness (QED) is 0.359. The molecule has 1 aliphatic rings. The highest BCUT2D eigenvalue weighted by Gasteiger charge is 2.46. The fourth-order valence-electron chi connectivity index (χ4n) is 3.75. The minimum absolute atomic E-state index is 0.0625. The van der Waals surface area contributed by atoms with Gasteiger partial charge in [0.25, 0.3) is 5.91 Å². The molecule has 36 heavy (non-hydrogen) atoms. The molecule has 0 unspecified atom stereocenters. The molecular formula is C23H27N3O9S. The lowest BCUT2D eigenvalue weighted by Crippen LogP contribution is -2.53. The van der Waals surface area contributed by atoms with Gasteiger partial charge in [0.1, 0.15) is 24.1 Å². The van der Waals surface area contributed by atoms with Gasteiger partial charge >= 0.3 is 22.1 Å². The Bertz CT molecular complexity index is 1230. The molecule has 1 aliphatic heterocycles. The molecule has 3 rings (SSSR count). The van der Waals surface area contributed by atoms with Crippen molar-refractivity contribution in [2.45, 2.75) is 38.7 Å². The summed E-state index contributed by atoms with van der Waals surface area (Å²) >= 11 is 0. The third kappa shape index (κ3) is 6.11. The molecule has 0 saturated carbocycles. The standard InChI is InChI=1S/C23H27N3O9S/c1-14-18(33-2)10-9-16(20(14)34-3)12-26-21(22(28)25-36(26,31)32)24-17(23(29)30)11-19(27)35-13-15-7-5-4-6-8-15/h4-10,17,21,24H,11-13H2,1-3H3,(H,25,28)(H,29,30)/t17-,21+/m0/s1. The molecule has 1 saturated heterocycles. The first-order valence-electron chi connectivity index (χ1n) is 10.8. The van der Waals surface area contributed by atoms with Crippen molar-refractivity contribution in [3.05, 3.63) is 59.2 Å². The van der Waals surface area contributed by atoms with Crippen molar-refractivity contribution >= 4 is 28.1 Å². The highest BCUT2D eigenvalue weighted by molar-refractivity contribution is 7.88. The van der Waals surface area contributed by atoms with E-state index in [4.69, 9.17) is 14.2 Å². The van der Waals surface area contributed by atoms with Crippen molar-refractivity contribution in [2.24, 2.45) is 0 Å². The molecule has 1 amide bonds. The number of methoxy groups -OCH3 is 2. The smallest absolute Gasteiger partial charge is 0.321 e. The Morgan fingerprint density at radius 1 is 1.14 bits per heavy atom. The minimum Gasteiger partial charge on any atom is -0.496 e. The molecule has 2 aromatic carbocycles. The highest BCUT2D eigenvalue weighted by atomic mass is 32.2. The number of carbonyl (C=O) groups excluding carboxylic acids is 2. The van der Waals surface area contributed by atoms with Gasteiger partial charge in [0, 0.05) is 17.7 Å². The zero-order valence-corrected chi connectivity index (χ0v) is 20.7. The Hall–Kier alpha value is -3.68. The van der Waals surface area contributed by atoms with E-state index in [-0.39, 0.29) is 13.2 Å². The minimum atomic E-state index is -4.31. The Morgan fingerprint density at radius 3 is 2.44 bits per heavy atom. The van der Waals surface area contributed by atoms with Gasteiger partial charge in [-0.05, 0) is 18.6 Å². The molecule has 0 bridgehead atoms. The average Bonchev–Trinajstić information content (AvgIpc) is 3.05. The first kappa shape index (κ1) is 26.9. The van der Waals surface area contributed by atoms with E-state index in [0.29, 0.717) is 28.2 Å². The zero-order valence-electron chi connectivity index (χ0n) is 19.9. The number of nitrogens with one attached hydrogen (secondary N) is 2. The number of carboxylic acid groups (broad SMARTS) is 1. The average molecular weight is 522 g/mol. The molecule has 2 atom stereocenters. The van der Waals surface area contributed by atoms with Gasteiger partial charge in [-0.2, -0.15) is 12.7 Å².